The van der Waals surface area contributed by atoms with Crippen LogP contribution in [0.15, 0.2) is 24.3 Å². The lowest BCUT2D eigenvalue weighted by atomic mass is 9.79. The molecule has 1 aromatic carbocycles. The van der Waals surface area contributed by atoms with Gasteiger partial charge in [0.05, 0.1) is 13.2 Å². The van der Waals surface area contributed by atoms with Crippen molar-refractivity contribution in [3.63, 3.8) is 0 Å². The number of rotatable bonds is 6. The number of methoxy groups -OCH3 is 1. The van der Waals surface area contributed by atoms with Crippen LogP contribution < -0.4 is 5.32 Å². The van der Waals surface area contributed by atoms with Crippen LogP contribution in [0.1, 0.15) is 84.0 Å². The number of fused-ring (bicyclic) bond motifs is 3. The van der Waals surface area contributed by atoms with Crippen LogP contribution in [0.5, 0.6) is 0 Å². The Morgan fingerprint density at radius 1 is 1.11 bits per heavy atom. The molecule has 0 spiro atoms. The second-order valence-corrected chi connectivity index (χ2v) is 12.3. The Hall–Kier alpha value is -3.03. The summed E-state index contributed by atoms with van der Waals surface area (Å²) in [6.45, 7) is 10.4. The number of aromatic nitrogens is 1. The molecule has 2 atom stereocenters. The molecule has 1 aliphatic heterocycles. The summed E-state index contributed by atoms with van der Waals surface area (Å²) >= 11 is 0. The highest BCUT2D eigenvalue weighted by molar-refractivity contribution is 5.91. The summed E-state index contributed by atoms with van der Waals surface area (Å²) in [5.74, 6) is 0.157. The van der Waals surface area contributed by atoms with E-state index in [1.165, 1.54) is 7.11 Å². The van der Waals surface area contributed by atoms with Crippen LogP contribution in [0.2, 0.25) is 0 Å². The fraction of sp³-hybridized carbons (Fsp3) is 0.633. The van der Waals surface area contributed by atoms with Gasteiger partial charge in [-0.15, -0.1) is 0 Å². The van der Waals surface area contributed by atoms with Crippen LogP contribution in [0.3, 0.4) is 0 Å². The second-order valence-electron chi connectivity index (χ2n) is 12.3. The van der Waals surface area contributed by atoms with Crippen molar-refractivity contribution >= 4 is 28.9 Å². The molecule has 8 nitrogen and oxygen atoms in total. The summed E-state index contributed by atoms with van der Waals surface area (Å²) in [5, 5.41) is 3.98. The molecule has 38 heavy (non-hydrogen) atoms. The van der Waals surface area contributed by atoms with Crippen LogP contribution in [0.25, 0.3) is 10.9 Å². The monoisotopic (exact) mass is 525 g/mol. The van der Waals surface area contributed by atoms with Gasteiger partial charge in [-0.3, -0.25) is 4.79 Å². The Kier molecular flexibility index (Phi) is 8.38. The van der Waals surface area contributed by atoms with Crippen molar-refractivity contribution in [1.82, 2.24) is 15.2 Å². The molecule has 2 aromatic rings. The van der Waals surface area contributed by atoms with Gasteiger partial charge in [-0.25, -0.2) is 9.59 Å². The molecule has 8 heteroatoms. The summed E-state index contributed by atoms with van der Waals surface area (Å²) in [4.78, 5) is 44.7. The number of aromatic amines is 1. The van der Waals surface area contributed by atoms with Crippen LogP contribution in [0.4, 0.5) is 4.79 Å². The fourth-order valence-corrected chi connectivity index (χ4v) is 6.06. The quantitative estimate of drug-likeness (QED) is 0.484. The van der Waals surface area contributed by atoms with Crippen molar-refractivity contribution < 1.29 is 23.9 Å². The third-order valence-corrected chi connectivity index (χ3v) is 7.80. The van der Waals surface area contributed by atoms with Crippen molar-refractivity contribution in [2.24, 2.45) is 17.8 Å². The molecule has 1 aliphatic carbocycles. The molecular weight excluding hydrogens is 482 g/mol. The van der Waals surface area contributed by atoms with E-state index in [9.17, 15) is 14.4 Å². The van der Waals surface area contributed by atoms with E-state index in [0.29, 0.717) is 24.8 Å². The molecule has 0 bridgehead atoms. The third kappa shape index (κ3) is 6.16. The van der Waals surface area contributed by atoms with E-state index in [2.05, 4.69) is 30.2 Å². The van der Waals surface area contributed by atoms with Crippen molar-refractivity contribution in [3.8, 4) is 0 Å². The maximum absolute atomic E-state index is 14.1. The number of carbonyl (C=O) groups is 3. The summed E-state index contributed by atoms with van der Waals surface area (Å²) in [6, 6.07) is 7.28. The van der Waals surface area contributed by atoms with Crippen LogP contribution in [-0.2, 0) is 25.5 Å². The largest absolute Gasteiger partial charge is 0.467 e. The Bertz CT molecular complexity index is 1160. The number of benzene rings is 1. The van der Waals surface area contributed by atoms with E-state index in [4.69, 9.17) is 9.47 Å². The van der Waals surface area contributed by atoms with Crippen LogP contribution in [-0.4, -0.2) is 53.2 Å². The highest BCUT2D eigenvalue weighted by Crippen LogP contribution is 2.42. The number of nitrogens with zero attached hydrogens (tertiary/aromatic N) is 1. The zero-order valence-corrected chi connectivity index (χ0v) is 23.6. The lowest BCUT2D eigenvalue weighted by molar-refractivity contribution is -0.159. The second kappa shape index (κ2) is 11.4. The topological polar surface area (TPSA) is 101 Å². The van der Waals surface area contributed by atoms with Gasteiger partial charge in [-0.1, -0.05) is 32.0 Å². The van der Waals surface area contributed by atoms with Gasteiger partial charge in [0.15, 0.2) is 0 Å². The molecule has 208 valence electrons. The van der Waals surface area contributed by atoms with Gasteiger partial charge in [0, 0.05) is 35.5 Å². The average Bonchev–Trinajstić information content (AvgIpc) is 3.24. The van der Waals surface area contributed by atoms with Crippen molar-refractivity contribution in [1.29, 1.82) is 0 Å². The van der Waals surface area contributed by atoms with E-state index in [0.717, 1.165) is 54.3 Å². The minimum Gasteiger partial charge on any atom is -0.467 e. The fourth-order valence-electron chi connectivity index (χ4n) is 6.06. The molecule has 2 heterocycles. The standard InChI is InChI=1S/C30H43N3O5/c1-18(2)15-24-26-22(21-9-7-8-10-23(21)32-26)16-25(28(35)37-6)33(24)27(34)20-13-11-19(12-14-20)17-31-29(36)38-30(3,4)5/h7-10,18-20,24-25,32H,11-17H2,1-6H3,(H,31,36). The molecule has 2 aliphatic rings. The van der Waals surface area contributed by atoms with Crippen molar-refractivity contribution in [3.05, 3.63) is 35.5 Å². The number of alkyl carbamates (subject to hydrolysis) is 1. The number of hydrogen-bond donors (Lipinski definition) is 2. The highest BCUT2D eigenvalue weighted by atomic mass is 16.6. The maximum atomic E-state index is 14.1. The highest BCUT2D eigenvalue weighted by Gasteiger charge is 2.45. The SMILES string of the molecule is COC(=O)C1Cc2c([nH]c3ccccc23)C(CC(C)C)N1C(=O)C1CCC(CNC(=O)OC(C)(C)C)CC1. The van der Waals surface area contributed by atoms with Gasteiger partial charge in [-0.2, -0.15) is 0 Å². The molecule has 1 aromatic heterocycles. The molecular formula is C30H43N3O5. The van der Waals surface area contributed by atoms with E-state index in [-0.39, 0.29) is 23.8 Å². The molecule has 0 saturated heterocycles. The Labute approximate surface area is 225 Å². The summed E-state index contributed by atoms with van der Waals surface area (Å²) in [7, 11) is 1.40. The number of carbonyl (C=O) groups excluding carboxylic acids is 3. The Morgan fingerprint density at radius 2 is 1.79 bits per heavy atom. The van der Waals surface area contributed by atoms with E-state index in [1.54, 1.807) is 0 Å². The molecule has 0 radical (unpaired) electrons. The first kappa shape index (κ1) is 28.0. The number of H-pyrrole nitrogens is 1. The minimum absolute atomic E-state index is 0.0360. The number of para-hydroxylation sites is 1. The number of ether oxygens (including phenoxy) is 2. The van der Waals surface area contributed by atoms with E-state index in [1.807, 2.05) is 43.9 Å². The molecule has 4 rings (SSSR count). The van der Waals surface area contributed by atoms with Crippen LogP contribution in [0, 0.1) is 17.8 Å². The number of amides is 2. The first-order valence-electron chi connectivity index (χ1n) is 13.9. The summed E-state index contributed by atoms with van der Waals surface area (Å²) < 4.78 is 10.6. The first-order chi connectivity index (χ1) is 18.0. The van der Waals surface area contributed by atoms with Gasteiger partial charge in [0.1, 0.15) is 11.6 Å². The van der Waals surface area contributed by atoms with Gasteiger partial charge in [0.2, 0.25) is 5.91 Å². The summed E-state index contributed by atoms with van der Waals surface area (Å²) in [5.41, 5.74) is 2.66. The number of hydrogen-bond acceptors (Lipinski definition) is 5. The zero-order chi connectivity index (χ0) is 27.6. The summed E-state index contributed by atoms with van der Waals surface area (Å²) in [6.07, 6.45) is 3.95. The predicted molar refractivity (Wildman–Crippen MR) is 147 cm³/mol. The van der Waals surface area contributed by atoms with Gasteiger partial charge in [-0.05, 0) is 76.3 Å². The van der Waals surface area contributed by atoms with E-state index < -0.39 is 17.7 Å². The minimum atomic E-state index is -0.644. The maximum Gasteiger partial charge on any atom is 0.407 e. The lowest BCUT2D eigenvalue weighted by Crippen LogP contribution is -2.54. The molecule has 1 fully saturated rings. The average molecular weight is 526 g/mol. The third-order valence-electron chi connectivity index (χ3n) is 7.80. The Balaban J connectivity index is 1.52. The zero-order valence-electron chi connectivity index (χ0n) is 23.6. The molecule has 2 amide bonds. The molecule has 2 unspecified atom stereocenters. The Morgan fingerprint density at radius 3 is 2.42 bits per heavy atom. The lowest BCUT2D eigenvalue weighted by Gasteiger charge is -2.43. The predicted octanol–water partition coefficient (Wildman–Crippen LogP) is 5.51. The number of nitrogens with one attached hydrogen (secondary N) is 2. The normalized spacial score (nSPS) is 23.7. The van der Waals surface area contributed by atoms with Crippen molar-refractivity contribution in [2.75, 3.05) is 13.7 Å². The van der Waals surface area contributed by atoms with Crippen LogP contribution >= 0.6 is 0 Å². The van der Waals surface area contributed by atoms with Gasteiger partial charge in [0.25, 0.3) is 0 Å². The van der Waals surface area contributed by atoms with Gasteiger partial charge >= 0.3 is 12.1 Å². The van der Waals surface area contributed by atoms with Gasteiger partial charge < -0.3 is 24.7 Å². The smallest absolute Gasteiger partial charge is 0.407 e. The first-order valence-corrected chi connectivity index (χ1v) is 13.9. The molecule has 2 N–H and O–H groups in total. The molecule has 1 saturated carbocycles. The van der Waals surface area contributed by atoms with E-state index >= 15 is 0 Å². The number of esters is 1. The van der Waals surface area contributed by atoms with Crippen molar-refractivity contribution in [2.45, 2.75) is 90.8 Å².